The van der Waals surface area contributed by atoms with Crippen LogP contribution in [0.2, 0.25) is 0 Å². The minimum absolute atomic E-state index is 0.0216. The molecule has 0 spiro atoms. The van der Waals surface area contributed by atoms with Gasteiger partial charge in [-0.05, 0) is 25.8 Å². The molecule has 166 valence electrons. The predicted molar refractivity (Wildman–Crippen MR) is 111 cm³/mol. The van der Waals surface area contributed by atoms with Crippen LogP contribution in [0, 0.1) is 0 Å². The number of nitrogens with zero attached hydrogens (tertiary/aromatic N) is 5. The highest BCUT2D eigenvalue weighted by Gasteiger charge is 2.34. The predicted octanol–water partition coefficient (Wildman–Crippen LogP) is 2.74. The number of piperidine rings is 1. The van der Waals surface area contributed by atoms with E-state index in [1.807, 2.05) is 11.8 Å². The van der Waals surface area contributed by atoms with E-state index in [1.165, 1.54) is 28.2 Å². The number of carbonyl (C=O) groups is 1. The van der Waals surface area contributed by atoms with Gasteiger partial charge in [0.2, 0.25) is 10.1 Å². The Morgan fingerprint density at radius 2 is 2.16 bits per heavy atom. The number of halogens is 3. The molecule has 1 fully saturated rings. The zero-order valence-electron chi connectivity index (χ0n) is 16.6. The Balaban J connectivity index is 1.59. The molecule has 4 heterocycles. The molecule has 0 aliphatic carbocycles. The second-order valence-corrected chi connectivity index (χ2v) is 8.10. The fraction of sp³-hybridized carbons (Fsp3) is 0.444. The molecule has 31 heavy (non-hydrogen) atoms. The van der Waals surface area contributed by atoms with Gasteiger partial charge in [0.15, 0.2) is 0 Å². The topological polar surface area (TPSA) is 113 Å². The number of imidazole rings is 1. The van der Waals surface area contributed by atoms with Gasteiger partial charge in [0.25, 0.3) is 0 Å². The van der Waals surface area contributed by atoms with E-state index < -0.39 is 17.6 Å². The van der Waals surface area contributed by atoms with Gasteiger partial charge >= 0.3 is 12.2 Å². The van der Waals surface area contributed by atoms with E-state index in [0.717, 1.165) is 25.5 Å². The van der Waals surface area contributed by atoms with Crippen LogP contribution in [0.1, 0.15) is 25.3 Å². The number of fused-ring (bicyclic) bond motifs is 1. The lowest BCUT2D eigenvalue weighted by Gasteiger charge is -2.32. The molecule has 1 aliphatic heterocycles. The van der Waals surface area contributed by atoms with Crippen molar-refractivity contribution >= 4 is 33.3 Å². The van der Waals surface area contributed by atoms with E-state index >= 15 is 0 Å². The van der Waals surface area contributed by atoms with Crippen LogP contribution in [0.15, 0.2) is 18.5 Å². The van der Waals surface area contributed by atoms with Crippen molar-refractivity contribution in [2.45, 2.75) is 32.0 Å². The Morgan fingerprint density at radius 1 is 1.35 bits per heavy atom. The van der Waals surface area contributed by atoms with Crippen molar-refractivity contribution in [2.24, 2.45) is 0 Å². The number of urea groups is 1. The molecular weight excluding hydrogens is 433 g/mol. The molecule has 13 heteroatoms. The fourth-order valence-corrected chi connectivity index (χ4v) is 4.43. The lowest BCUT2D eigenvalue weighted by Crippen LogP contribution is -2.50. The minimum atomic E-state index is -4.61. The first-order valence-electron chi connectivity index (χ1n) is 9.73. The highest BCUT2D eigenvalue weighted by molar-refractivity contribution is 7.20. The van der Waals surface area contributed by atoms with Crippen molar-refractivity contribution in [2.75, 3.05) is 30.3 Å². The molecule has 0 aromatic carbocycles. The molecule has 3 aromatic rings. The van der Waals surface area contributed by atoms with Crippen LogP contribution >= 0.6 is 11.3 Å². The number of rotatable bonds is 4. The van der Waals surface area contributed by atoms with Crippen LogP contribution in [0.3, 0.4) is 0 Å². The standard InChI is InChI=1S/C18H21F3N8OS/c1-2-23-15(30)26-11-4-3-5-28(9-11)17-27-29-13(8-25-16(29)31-17)10-6-12(18(19,20)21)14(22)24-7-10/h6-8,11H,2-5,9H2,1H3,(H2,22,24)(H2,23,26,30). The number of aromatic nitrogens is 4. The summed E-state index contributed by atoms with van der Waals surface area (Å²) in [4.78, 5) is 22.4. The van der Waals surface area contributed by atoms with Gasteiger partial charge in [-0.1, -0.05) is 11.3 Å². The van der Waals surface area contributed by atoms with Gasteiger partial charge in [0, 0.05) is 37.4 Å². The van der Waals surface area contributed by atoms with Gasteiger partial charge in [0.1, 0.15) is 5.82 Å². The second-order valence-electron chi connectivity index (χ2n) is 7.17. The number of hydrogen-bond donors (Lipinski definition) is 3. The smallest absolute Gasteiger partial charge is 0.383 e. The van der Waals surface area contributed by atoms with Crippen molar-refractivity contribution in [3.8, 4) is 11.3 Å². The van der Waals surface area contributed by atoms with Gasteiger partial charge in [-0.15, -0.1) is 5.10 Å². The third-order valence-corrected chi connectivity index (χ3v) is 5.94. The Labute approximate surface area is 179 Å². The molecular formula is C18H21F3N8OS. The van der Waals surface area contributed by atoms with E-state index in [9.17, 15) is 18.0 Å². The maximum Gasteiger partial charge on any atom is 0.419 e. The van der Waals surface area contributed by atoms with E-state index in [4.69, 9.17) is 5.73 Å². The fourth-order valence-electron chi connectivity index (χ4n) is 3.52. The van der Waals surface area contributed by atoms with Crippen molar-refractivity contribution in [1.82, 2.24) is 30.2 Å². The van der Waals surface area contributed by atoms with Crippen LogP contribution in [0.25, 0.3) is 16.2 Å². The summed E-state index contributed by atoms with van der Waals surface area (Å²) in [6.07, 6.45) is -0.128. The number of hydrogen-bond acceptors (Lipinski definition) is 7. The van der Waals surface area contributed by atoms with Crippen LogP contribution in [-0.4, -0.2) is 51.3 Å². The van der Waals surface area contributed by atoms with Gasteiger partial charge in [-0.2, -0.15) is 13.2 Å². The minimum Gasteiger partial charge on any atom is -0.383 e. The lowest BCUT2D eigenvalue weighted by atomic mass is 10.1. The molecule has 1 atom stereocenters. The maximum atomic E-state index is 13.2. The molecule has 4 N–H and O–H groups in total. The van der Waals surface area contributed by atoms with Gasteiger partial charge in [-0.3, -0.25) is 0 Å². The molecule has 4 rings (SSSR count). The molecule has 0 saturated carbocycles. The Morgan fingerprint density at radius 3 is 2.90 bits per heavy atom. The Kier molecular flexibility index (Phi) is 5.60. The molecule has 2 amide bonds. The summed E-state index contributed by atoms with van der Waals surface area (Å²) in [7, 11) is 0. The zero-order valence-corrected chi connectivity index (χ0v) is 17.4. The second kappa shape index (κ2) is 8.21. The van der Waals surface area contributed by atoms with Crippen molar-refractivity contribution in [3.05, 3.63) is 24.0 Å². The zero-order chi connectivity index (χ0) is 22.2. The van der Waals surface area contributed by atoms with Crippen LogP contribution in [0.4, 0.5) is 28.9 Å². The average Bonchev–Trinajstić information content (AvgIpc) is 3.29. The number of nitrogens with two attached hydrogens (primary N) is 1. The maximum absolute atomic E-state index is 13.2. The number of amides is 2. The molecule has 1 aliphatic rings. The normalized spacial score (nSPS) is 17.2. The third kappa shape index (κ3) is 4.36. The molecule has 0 radical (unpaired) electrons. The summed E-state index contributed by atoms with van der Waals surface area (Å²) >= 11 is 1.33. The van der Waals surface area contributed by atoms with Crippen molar-refractivity contribution in [3.63, 3.8) is 0 Å². The number of nitrogens with one attached hydrogen (secondary N) is 2. The summed E-state index contributed by atoms with van der Waals surface area (Å²) in [5.41, 5.74) is 5.02. The molecule has 9 nitrogen and oxygen atoms in total. The van der Waals surface area contributed by atoms with E-state index in [1.54, 1.807) is 0 Å². The number of carbonyl (C=O) groups excluding carboxylic acids is 1. The largest absolute Gasteiger partial charge is 0.419 e. The number of nitrogen functional groups attached to an aromatic ring is 1. The summed E-state index contributed by atoms with van der Waals surface area (Å²) in [5, 5.41) is 10.9. The van der Waals surface area contributed by atoms with Crippen LogP contribution in [0.5, 0.6) is 0 Å². The summed E-state index contributed by atoms with van der Waals surface area (Å²) in [6, 6.07) is 0.728. The number of pyridine rings is 1. The monoisotopic (exact) mass is 454 g/mol. The summed E-state index contributed by atoms with van der Waals surface area (Å²) < 4.78 is 41.1. The van der Waals surface area contributed by atoms with Gasteiger partial charge < -0.3 is 21.3 Å². The first kappa shape index (κ1) is 21.2. The van der Waals surface area contributed by atoms with Crippen LogP contribution < -0.4 is 21.3 Å². The number of anilines is 2. The van der Waals surface area contributed by atoms with E-state index in [2.05, 4.69) is 25.7 Å². The van der Waals surface area contributed by atoms with Crippen molar-refractivity contribution < 1.29 is 18.0 Å². The van der Waals surface area contributed by atoms with Crippen LogP contribution in [-0.2, 0) is 6.18 Å². The lowest BCUT2D eigenvalue weighted by molar-refractivity contribution is -0.137. The summed E-state index contributed by atoms with van der Waals surface area (Å²) in [6.45, 7) is 3.75. The molecule has 1 unspecified atom stereocenters. The van der Waals surface area contributed by atoms with E-state index in [-0.39, 0.29) is 17.6 Å². The molecule has 0 bridgehead atoms. The average molecular weight is 454 g/mol. The summed E-state index contributed by atoms with van der Waals surface area (Å²) in [5.74, 6) is -0.574. The van der Waals surface area contributed by atoms with Gasteiger partial charge in [0.05, 0.1) is 17.5 Å². The SMILES string of the molecule is CCNC(=O)NC1CCCN(c2nn3c(-c4cnc(N)c(C(F)(F)F)c4)cnc3s2)C1. The van der Waals surface area contributed by atoms with E-state index in [0.29, 0.717) is 28.9 Å². The Hall–Kier alpha value is -3.09. The van der Waals surface area contributed by atoms with Gasteiger partial charge in [-0.25, -0.2) is 19.3 Å². The highest BCUT2D eigenvalue weighted by atomic mass is 32.1. The molecule has 3 aromatic heterocycles. The first-order valence-corrected chi connectivity index (χ1v) is 10.5. The highest BCUT2D eigenvalue weighted by Crippen LogP contribution is 2.36. The Bertz CT molecular complexity index is 1100. The molecule has 1 saturated heterocycles. The quantitative estimate of drug-likeness (QED) is 0.559. The van der Waals surface area contributed by atoms with Crippen molar-refractivity contribution in [1.29, 1.82) is 0 Å². The third-order valence-electron chi connectivity index (χ3n) is 4.96. The first-order chi connectivity index (χ1) is 14.8. The number of alkyl halides is 3.